The Balaban J connectivity index is 2.09. The summed E-state index contributed by atoms with van der Waals surface area (Å²) in [7, 11) is 0. The number of primary amides is 1. The largest absolute Gasteiger partial charge is 0.368 e. The van der Waals surface area contributed by atoms with Crippen molar-refractivity contribution in [3.05, 3.63) is 29.1 Å². The van der Waals surface area contributed by atoms with E-state index in [1.54, 1.807) is 0 Å². The fourth-order valence-electron chi connectivity index (χ4n) is 2.58. The minimum Gasteiger partial charge on any atom is -0.368 e. The van der Waals surface area contributed by atoms with Crippen molar-refractivity contribution < 1.29 is 14.0 Å². The summed E-state index contributed by atoms with van der Waals surface area (Å²) in [6, 6.07) is 2.62. The lowest BCUT2D eigenvalue weighted by atomic mass is 9.99. The van der Waals surface area contributed by atoms with Crippen LogP contribution >= 0.6 is 0 Å². The number of hydrogen-bond acceptors (Lipinski definition) is 3. The molecule has 20 heavy (non-hydrogen) atoms. The van der Waals surface area contributed by atoms with Gasteiger partial charge in [-0.3, -0.25) is 10.1 Å². The first-order valence-corrected chi connectivity index (χ1v) is 6.60. The Morgan fingerprint density at radius 1 is 1.45 bits per heavy atom. The molecule has 1 aliphatic heterocycles. The Morgan fingerprint density at radius 3 is 2.90 bits per heavy atom. The van der Waals surface area contributed by atoms with Crippen LogP contribution in [-0.2, 0) is 11.2 Å². The Labute approximate surface area is 116 Å². The number of aryl methyl sites for hydroxylation is 2. The summed E-state index contributed by atoms with van der Waals surface area (Å²) in [4.78, 5) is 23.8. The van der Waals surface area contributed by atoms with Crippen LogP contribution in [0.2, 0.25) is 0 Å². The molecule has 0 aromatic heterocycles. The summed E-state index contributed by atoms with van der Waals surface area (Å²) in [5.74, 6) is -0.702. The van der Waals surface area contributed by atoms with Gasteiger partial charge in [-0.25, -0.2) is 9.18 Å². The third kappa shape index (κ3) is 3.26. The molecule has 1 aliphatic rings. The number of nitrogens with two attached hydrogens (primary N) is 1. The highest BCUT2D eigenvalue weighted by Gasteiger charge is 2.21. The zero-order valence-electron chi connectivity index (χ0n) is 11.4. The van der Waals surface area contributed by atoms with Crippen LogP contribution in [0.25, 0.3) is 0 Å². The van der Waals surface area contributed by atoms with Crippen molar-refractivity contribution >= 4 is 17.6 Å². The average molecular weight is 279 g/mol. The van der Waals surface area contributed by atoms with E-state index in [1.165, 1.54) is 6.07 Å². The van der Waals surface area contributed by atoms with Gasteiger partial charge in [0.25, 0.3) is 0 Å². The van der Waals surface area contributed by atoms with Gasteiger partial charge in [-0.15, -0.1) is 0 Å². The van der Waals surface area contributed by atoms with E-state index in [0.717, 1.165) is 24.0 Å². The third-order valence-corrected chi connectivity index (χ3v) is 3.35. The van der Waals surface area contributed by atoms with Gasteiger partial charge in [0.2, 0.25) is 5.91 Å². The first kappa shape index (κ1) is 14.3. The molecule has 0 saturated heterocycles. The number of anilines is 1. The van der Waals surface area contributed by atoms with Crippen LogP contribution in [0.3, 0.4) is 0 Å². The van der Waals surface area contributed by atoms with Crippen LogP contribution in [0.15, 0.2) is 12.1 Å². The molecule has 1 aromatic rings. The molecule has 108 valence electrons. The SMILES string of the molecule is Cc1cc(F)c2c(c1)CCCN2CCC(=O)NC(N)=O. The number of halogens is 1. The van der Waals surface area contributed by atoms with E-state index in [0.29, 0.717) is 18.8 Å². The molecule has 0 spiro atoms. The smallest absolute Gasteiger partial charge is 0.318 e. The zero-order valence-corrected chi connectivity index (χ0v) is 11.4. The molecule has 0 radical (unpaired) electrons. The molecule has 5 nitrogen and oxygen atoms in total. The highest BCUT2D eigenvalue weighted by Crippen LogP contribution is 2.31. The van der Waals surface area contributed by atoms with Crippen molar-refractivity contribution in [1.29, 1.82) is 0 Å². The topological polar surface area (TPSA) is 75.4 Å². The minimum atomic E-state index is -0.865. The van der Waals surface area contributed by atoms with Crippen molar-refractivity contribution in [3.8, 4) is 0 Å². The van der Waals surface area contributed by atoms with Crippen molar-refractivity contribution in [1.82, 2.24) is 5.32 Å². The molecule has 2 rings (SSSR count). The average Bonchev–Trinajstić information content (AvgIpc) is 2.34. The van der Waals surface area contributed by atoms with Gasteiger partial charge in [-0.2, -0.15) is 0 Å². The summed E-state index contributed by atoms with van der Waals surface area (Å²) in [6.07, 6.45) is 1.88. The van der Waals surface area contributed by atoms with Crippen LogP contribution < -0.4 is 16.0 Å². The molecule has 6 heteroatoms. The predicted molar refractivity (Wildman–Crippen MR) is 74.0 cm³/mol. The van der Waals surface area contributed by atoms with Crippen molar-refractivity contribution in [2.24, 2.45) is 5.73 Å². The highest BCUT2D eigenvalue weighted by molar-refractivity contribution is 5.93. The van der Waals surface area contributed by atoms with E-state index in [9.17, 15) is 14.0 Å². The van der Waals surface area contributed by atoms with E-state index in [2.05, 4.69) is 0 Å². The van der Waals surface area contributed by atoms with Gasteiger partial charge in [0.1, 0.15) is 5.82 Å². The van der Waals surface area contributed by atoms with E-state index < -0.39 is 11.9 Å². The number of hydrogen-bond donors (Lipinski definition) is 2. The summed E-state index contributed by atoms with van der Waals surface area (Å²) in [5, 5.41) is 2.01. The predicted octanol–water partition coefficient (Wildman–Crippen LogP) is 1.47. The molecule has 1 aromatic carbocycles. The second kappa shape index (κ2) is 5.90. The number of carbonyl (C=O) groups is 2. The Morgan fingerprint density at radius 2 is 2.20 bits per heavy atom. The zero-order chi connectivity index (χ0) is 14.7. The molecule has 0 saturated carbocycles. The van der Waals surface area contributed by atoms with Gasteiger partial charge >= 0.3 is 6.03 Å². The van der Waals surface area contributed by atoms with Crippen LogP contribution in [0.1, 0.15) is 24.0 Å². The standard InChI is InChI=1S/C14H18FN3O2/c1-9-7-10-3-2-5-18(13(10)11(15)8-9)6-4-12(19)17-14(16)20/h7-8H,2-6H2,1H3,(H3,16,17,19,20). The number of nitrogens with one attached hydrogen (secondary N) is 1. The molecule has 0 aliphatic carbocycles. The number of benzene rings is 1. The Hall–Kier alpha value is -2.11. The molecule has 3 N–H and O–H groups in total. The van der Waals surface area contributed by atoms with E-state index in [1.807, 2.05) is 23.2 Å². The van der Waals surface area contributed by atoms with E-state index in [4.69, 9.17) is 5.73 Å². The fraction of sp³-hybridized carbons (Fsp3) is 0.429. The first-order chi connectivity index (χ1) is 9.47. The number of imide groups is 1. The molecule has 0 unspecified atom stereocenters. The van der Waals surface area contributed by atoms with Crippen LogP contribution in [0.5, 0.6) is 0 Å². The summed E-state index contributed by atoms with van der Waals surface area (Å²) < 4.78 is 14.1. The van der Waals surface area contributed by atoms with Crippen molar-refractivity contribution in [2.45, 2.75) is 26.2 Å². The Kier molecular flexibility index (Phi) is 4.22. The minimum absolute atomic E-state index is 0.107. The van der Waals surface area contributed by atoms with Crippen molar-refractivity contribution in [3.63, 3.8) is 0 Å². The maximum Gasteiger partial charge on any atom is 0.318 e. The van der Waals surface area contributed by atoms with Gasteiger partial charge < -0.3 is 10.6 Å². The van der Waals surface area contributed by atoms with Gasteiger partial charge in [0.05, 0.1) is 5.69 Å². The summed E-state index contributed by atoms with van der Waals surface area (Å²) in [6.45, 7) is 2.94. The molecule has 3 amide bonds. The van der Waals surface area contributed by atoms with Gasteiger partial charge in [0.15, 0.2) is 0 Å². The fourth-order valence-corrected chi connectivity index (χ4v) is 2.58. The second-order valence-electron chi connectivity index (χ2n) is 5.01. The molecule has 0 bridgehead atoms. The lowest BCUT2D eigenvalue weighted by Gasteiger charge is -2.31. The molecular weight excluding hydrogens is 261 g/mol. The van der Waals surface area contributed by atoms with E-state index >= 15 is 0 Å². The molecule has 1 heterocycles. The quantitative estimate of drug-likeness (QED) is 0.879. The van der Waals surface area contributed by atoms with Gasteiger partial charge in [-0.05, 0) is 37.0 Å². The number of nitrogens with zero attached hydrogens (tertiary/aromatic N) is 1. The number of urea groups is 1. The van der Waals surface area contributed by atoms with Crippen molar-refractivity contribution in [2.75, 3.05) is 18.0 Å². The number of carbonyl (C=O) groups excluding carboxylic acids is 2. The lowest BCUT2D eigenvalue weighted by Crippen LogP contribution is -2.38. The maximum absolute atomic E-state index is 14.1. The number of fused-ring (bicyclic) bond motifs is 1. The maximum atomic E-state index is 14.1. The first-order valence-electron chi connectivity index (χ1n) is 6.60. The van der Waals surface area contributed by atoms with Gasteiger partial charge in [0, 0.05) is 19.5 Å². The Bertz CT molecular complexity index is 545. The van der Waals surface area contributed by atoms with Crippen LogP contribution in [0.4, 0.5) is 14.9 Å². The summed E-state index contributed by atoms with van der Waals surface area (Å²) >= 11 is 0. The number of amides is 3. The second-order valence-corrected chi connectivity index (χ2v) is 5.01. The van der Waals surface area contributed by atoms with Gasteiger partial charge in [-0.1, -0.05) is 6.07 Å². The molecular formula is C14H18FN3O2. The highest BCUT2D eigenvalue weighted by atomic mass is 19.1. The summed E-state index contributed by atoms with van der Waals surface area (Å²) in [5.41, 5.74) is 7.33. The molecule has 0 atom stereocenters. The lowest BCUT2D eigenvalue weighted by molar-refractivity contribution is -0.119. The van der Waals surface area contributed by atoms with Crippen LogP contribution in [0, 0.1) is 12.7 Å². The van der Waals surface area contributed by atoms with E-state index in [-0.39, 0.29) is 12.2 Å². The monoisotopic (exact) mass is 279 g/mol. The normalized spacial score (nSPS) is 13.8. The molecule has 0 fully saturated rings. The third-order valence-electron chi connectivity index (χ3n) is 3.35. The number of rotatable bonds is 3. The van der Waals surface area contributed by atoms with Crippen LogP contribution in [-0.4, -0.2) is 25.0 Å².